The van der Waals surface area contributed by atoms with Crippen molar-refractivity contribution < 1.29 is 0 Å². The molecule has 1 aromatic heterocycles. The lowest BCUT2D eigenvalue weighted by atomic mass is 9.84. The maximum absolute atomic E-state index is 5.97. The fourth-order valence-electron chi connectivity index (χ4n) is 2.44. The summed E-state index contributed by atoms with van der Waals surface area (Å²) in [5.41, 5.74) is 8.74. The number of aromatic nitrogens is 2. The molecule has 0 atom stereocenters. The van der Waals surface area contributed by atoms with Crippen molar-refractivity contribution in [2.75, 3.05) is 18.1 Å². The number of rotatable bonds is 5. The van der Waals surface area contributed by atoms with Crippen LogP contribution in [0.4, 0.5) is 11.8 Å². The first kappa shape index (κ1) is 17.3. The number of nitrogens with one attached hydrogen (secondary N) is 1. The van der Waals surface area contributed by atoms with Gasteiger partial charge in [0.1, 0.15) is 5.82 Å². The van der Waals surface area contributed by atoms with E-state index in [0.29, 0.717) is 5.95 Å². The zero-order valence-corrected chi connectivity index (χ0v) is 14.8. The molecule has 0 radical (unpaired) electrons. The average Bonchev–Trinajstić information content (AvgIpc) is 2.53. The lowest BCUT2D eigenvalue weighted by Gasteiger charge is -2.21. The van der Waals surface area contributed by atoms with Crippen molar-refractivity contribution in [2.24, 2.45) is 0 Å². The van der Waals surface area contributed by atoms with E-state index >= 15 is 0 Å². The Labute approximate surface area is 142 Å². The van der Waals surface area contributed by atoms with Gasteiger partial charge in [-0.3, -0.25) is 0 Å². The monoisotopic (exact) mass is 330 g/mol. The van der Waals surface area contributed by atoms with Crippen LogP contribution in [0.3, 0.4) is 0 Å². The molecule has 0 fully saturated rings. The minimum atomic E-state index is -0.137. The molecule has 0 aliphatic rings. The van der Waals surface area contributed by atoms with E-state index in [9.17, 15) is 0 Å². The van der Waals surface area contributed by atoms with E-state index in [0.717, 1.165) is 28.5 Å². The molecule has 0 saturated heterocycles. The minimum absolute atomic E-state index is 0.137. The Kier molecular flexibility index (Phi) is 5.26. The molecule has 23 heavy (non-hydrogen) atoms. The molecule has 1 heterocycles. The van der Waals surface area contributed by atoms with Gasteiger partial charge in [-0.15, -0.1) is 0 Å². The number of nitrogens with two attached hydrogens (primary N) is 1. The number of halogens is 1. The van der Waals surface area contributed by atoms with Gasteiger partial charge in [0.15, 0.2) is 0 Å². The molecule has 0 aliphatic carbocycles. The molecule has 0 spiro atoms. The van der Waals surface area contributed by atoms with E-state index in [2.05, 4.69) is 48.2 Å². The van der Waals surface area contributed by atoms with Crippen molar-refractivity contribution in [3.63, 3.8) is 0 Å². The SMILES string of the molecule is CCc1nc(N)nc(NC)c1/C=C/C(C)(C)c1ccc(Cl)cc1. The zero-order chi connectivity index (χ0) is 17.0. The molecule has 2 aromatic rings. The third kappa shape index (κ3) is 4.02. The third-order valence-corrected chi connectivity index (χ3v) is 4.12. The first-order valence-corrected chi connectivity index (χ1v) is 8.04. The molecule has 1 aromatic carbocycles. The van der Waals surface area contributed by atoms with E-state index in [1.807, 2.05) is 31.3 Å². The predicted octanol–water partition coefficient (Wildman–Crippen LogP) is 4.31. The third-order valence-electron chi connectivity index (χ3n) is 3.87. The number of nitrogens with zero attached hydrogens (tertiary/aromatic N) is 2. The Morgan fingerprint density at radius 1 is 1.22 bits per heavy atom. The lowest BCUT2D eigenvalue weighted by Crippen LogP contribution is -2.13. The van der Waals surface area contributed by atoms with Gasteiger partial charge < -0.3 is 11.1 Å². The van der Waals surface area contributed by atoms with Gasteiger partial charge in [-0.25, -0.2) is 4.98 Å². The van der Waals surface area contributed by atoms with E-state index in [4.69, 9.17) is 17.3 Å². The highest BCUT2D eigenvalue weighted by molar-refractivity contribution is 6.30. The van der Waals surface area contributed by atoms with Gasteiger partial charge in [-0.1, -0.05) is 56.7 Å². The van der Waals surface area contributed by atoms with Crippen LogP contribution in [0.25, 0.3) is 6.08 Å². The van der Waals surface area contributed by atoms with Crippen molar-refractivity contribution in [1.82, 2.24) is 9.97 Å². The topological polar surface area (TPSA) is 63.8 Å². The molecular formula is C18H23ClN4. The van der Waals surface area contributed by atoms with Crippen molar-refractivity contribution in [2.45, 2.75) is 32.6 Å². The molecular weight excluding hydrogens is 308 g/mol. The lowest BCUT2D eigenvalue weighted by molar-refractivity contribution is 0.673. The summed E-state index contributed by atoms with van der Waals surface area (Å²) < 4.78 is 0. The molecule has 0 aliphatic heterocycles. The van der Waals surface area contributed by atoms with Crippen LogP contribution in [0.1, 0.15) is 37.6 Å². The maximum Gasteiger partial charge on any atom is 0.222 e. The normalized spacial score (nSPS) is 11.9. The van der Waals surface area contributed by atoms with Crippen molar-refractivity contribution in [3.8, 4) is 0 Å². The number of allylic oxidation sites excluding steroid dienone is 1. The minimum Gasteiger partial charge on any atom is -0.372 e. The summed E-state index contributed by atoms with van der Waals surface area (Å²) in [7, 11) is 1.84. The summed E-state index contributed by atoms with van der Waals surface area (Å²) in [6, 6.07) is 7.92. The molecule has 0 unspecified atom stereocenters. The average molecular weight is 331 g/mol. The number of anilines is 2. The standard InChI is InChI=1S/C18H23ClN4/c1-5-15-14(16(21-4)23-17(20)22-15)10-11-18(2,3)12-6-8-13(19)9-7-12/h6-11H,5H2,1-4H3,(H3,20,21,22,23)/b11-10+. The highest BCUT2D eigenvalue weighted by Crippen LogP contribution is 2.28. The fourth-order valence-corrected chi connectivity index (χ4v) is 2.56. The zero-order valence-electron chi connectivity index (χ0n) is 14.0. The Morgan fingerprint density at radius 2 is 1.87 bits per heavy atom. The molecule has 5 heteroatoms. The highest BCUT2D eigenvalue weighted by atomic mass is 35.5. The molecule has 122 valence electrons. The van der Waals surface area contributed by atoms with Crippen LogP contribution >= 0.6 is 11.6 Å². The van der Waals surface area contributed by atoms with Gasteiger partial charge in [-0.2, -0.15) is 4.98 Å². The van der Waals surface area contributed by atoms with Gasteiger partial charge in [0.25, 0.3) is 0 Å². The van der Waals surface area contributed by atoms with Crippen molar-refractivity contribution in [1.29, 1.82) is 0 Å². The molecule has 0 amide bonds. The van der Waals surface area contributed by atoms with E-state index < -0.39 is 0 Å². The smallest absolute Gasteiger partial charge is 0.222 e. The summed E-state index contributed by atoms with van der Waals surface area (Å²) in [6.07, 6.45) is 5.02. The van der Waals surface area contributed by atoms with Crippen LogP contribution in [0, 0.1) is 0 Å². The number of nitrogen functional groups attached to an aromatic ring is 1. The van der Waals surface area contributed by atoms with Crippen LogP contribution in [-0.4, -0.2) is 17.0 Å². The maximum atomic E-state index is 5.97. The molecule has 2 rings (SSSR count). The van der Waals surface area contributed by atoms with Crippen molar-refractivity contribution >= 4 is 29.4 Å². The molecule has 0 saturated carbocycles. The van der Waals surface area contributed by atoms with Gasteiger partial charge in [-0.05, 0) is 24.1 Å². The Morgan fingerprint density at radius 3 is 2.43 bits per heavy atom. The molecule has 3 N–H and O–H groups in total. The van der Waals surface area contributed by atoms with Crippen LogP contribution in [0.5, 0.6) is 0 Å². The quantitative estimate of drug-likeness (QED) is 0.857. The van der Waals surface area contributed by atoms with Gasteiger partial charge in [0.05, 0.1) is 5.69 Å². The molecule has 4 nitrogen and oxygen atoms in total. The summed E-state index contributed by atoms with van der Waals surface area (Å²) in [6.45, 7) is 6.38. The van der Waals surface area contributed by atoms with Crippen LogP contribution in [-0.2, 0) is 11.8 Å². The van der Waals surface area contributed by atoms with E-state index in [1.54, 1.807) is 0 Å². The highest BCUT2D eigenvalue weighted by Gasteiger charge is 2.18. The van der Waals surface area contributed by atoms with Crippen LogP contribution < -0.4 is 11.1 Å². The molecule has 0 bridgehead atoms. The second kappa shape index (κ2) is 7.01. The van der Waals surface area contributed by atoms with E-state index in [-0.39, 0.29) is 5.41 Å². The van der Waals surface area contributed by atoms with Crippen LogP contribution in [0.15, 0.2) is 30.3 Å². The number of benzene rings is 1. The first-order valence-electron chi connectivity index (χ1n) is 7.66. The van der Waals surface area contributed by atoms with Gasteiger partial charge in [0, 0.05) is 23.0 Å². The fraction of sp³-hybridized carbons (Fsp3) is 0.333. The van der Waals surface area contributed by atoms with Crippen LogP contribution in [0.2, 0.25) is 5.02 Å². The first-order chi connectivity index (χ1) is 10.9. The number of hydrogen-bond donors (Lipinski definition) is 2. The second-order valence-corrected chi connectivity index (χ2v) is 6.39. The second-order valence-electron chi connectivity index (χ2n) is 5.96. The van der Waals surface area contributed by atoms with Crippen molar-refractivity contribution in [3.05, 3.63) is 52.2 Å². The summed E-state index contributed by atoms with van der Waals surface area (Å²) in [5, 5.41) is 3.84. The van der Waals surface area contributed by atoms with Gasteiger partial charge in [0.2, 0.25) is 5.95 Å². The Hall–Kier alpha value is -2.07. The number of hydrogen-bond acceptors (Lipinski definition) is 4. The summed E-state index contributed by atoms with van der Waals surface area (Å²) in [5.74, 6) is 1.04. The predicted molar refractivity (Wildman–Crippen MR) is 98.9 cm³/mol. The van der Waals surface area contributed by atoms with Gasteiger partial charge >= 0.3 is 0 Å². The Bertz CT molecular complexity index is 680. The number of aryl methyl sites for hydroxylation is 1. The summed E-state index contributed by atoms with van der Waals surface area (Å²) in [4.78, 5) is 8.62. The largest absolute Gasteiger partial charge is 0.372 e. The Balaban J connectivity index is 2.40. The van der Waals surface area contributed by atoms with E-state index in [1.165, 1.54) is 5.56 Å². The summed E-state index contributed by atoms with van der Waals surface area (Å²) >= 11 is 5.97.